The fourth-order valence-corrected chi connectivity index (χ4v) is 1.98. The van der Waals surface area contributed by atoms with Crippen molar-refractivity contribution in [3.8, 4) is 5.75 Å². The van der Waals surface area contributed by atoms with Gasteiger partial charge in [-0.15, -0.1) is 0 Å². The summed E-state index contributed by atoms with van der Waals surface area (Å²) >= 11 is 0. The quantitative estimate of drug-likeness (QED) is 0.886. The molecule has 0 atom stereocenters. The van der Waals surface area contributed by atoms with Gasteiger partial charge in [0.05, 0.1) is 7.11 Å². The van der Waals surface area contributed by atoms with E-state index in [4.69, 9.17) is 4.74 Å². The number of anilines is 2. The van der Waals surface area contributed by atoms with Gasteiger partial charge in [0.2, 0.25) is 0 Å². The maximum absolute atomic E-state index is 12.3. The summed E-state index contributed by atoms with van der Waals surface area (Å²) in [5, 5.41) is 5.97. The summed E-state index contributed by atoms with van der Waals surface area (Å²) in [7, 11) is 1.59. The number of hydrogen-bond acceptors (Lipinski definition) is 4. The number of carbonyl (C=O) groups excluding carboxylic acids is 1. The Morgan fingerprint density at radius 1 is 1.29 bits per heavy atom. The summed E-state index contributed by atoms with van der Waals surface area (Å²) < 4.78 is 5.14. The topological polar surface area (TPSA) is 63.2 Å². The summed E-state index contributed by atoms with van der Waals surface area (Å²) in [4.78, 5) is 16.6. The number of hydrogen-bond donors (Lipinski definition) is 2. The lowest BCUT2D eigenvalue weighted by atomic mass is 10.2. The molecule has 0 aliphatic heterocycles. The molecule has 0 unspecified atom stereocenters. The van der Waals surface area contributed by atoms with E-state index in [2.05, 4.69) is 15.6 Å². The number of methoxy groups -OCH3 is 1. The first-order chi connectivity index (χ1) is 10.1. The van der Waals surface area contributed by atoms with Crippen LogP contribution < -0.4 is 15.4 Å². The average molecular weight is 285 g/mol. The van der Waals surface area contributed by atoms with Gasteiger partial charge in [-0.25, -0.2) is 4.98 Å². The normalized spacial score (nSPS) is 10.0. The predicted molar refractivity (Wildman–Crippen MR) is 84.1 cm³/mol. The SMILES string of the molecule is CCNc1cc(C(=O)Nc2cccc(OC)c2)cc(C)n1. The molecule has 5 heteroatoms. The van der Waals surface area contributed by atoms with Crippen LogP contribution in [0.15, 0.2) is 36.4 Å². The molecule has 1 aromatic heterocycles. The van der Waals surface area contributed by atoms with E-state index in [0.717, 1.165) is 12.2 Å². The van der Waals surface area contributed by atoms with Crippen molar-refractivity contribution >= 4 is 17.4 Å². The van der Waals surface area contributed by atoms with Gasteiger partial charge in [-0.3, -0.25) is 4.79 Å². The number of aryl methyl sites for hydroxylation is 1. The monoisotopic (exact) mass is 285 g/mol. The van der Waals surface area contributed by atoms with Crippen molar-refractivity contribution in [1.29, 1.82) is 0 Å². The second kappa shape index (κ2) is 6.74. The molecule has 1 amide bonds. The van der Waals surface area contributed by atoms with Gasteiger partial charge in [-0.1, -0.05) is 6.07 Å². The summed E-state index contributed by atoms with van der Waals surface area (Å²) in [6, 6.07) is 10.8. The Morgan fingerprint density at radius 2 is 2.10 bits per heavy atom. The van der Waals surface area contributed by atoms with Crippen molar-refractivity contribution in [3.05, 3.63) is 47.7 Å². The predicted octanol–water partition coefficient (Wildman–Crippen LogP) is 3.08. The van der Waals surface area contributed by atoms with Crippen molar-refractivity contribution in [2.75, 3.05) is 24.3 Å². The van der Waals surface area contributed by atoms with Gasteiger partial charge in [0.25, 0.3) is 5.91 Å². The summed E-state index contributed by atoms with van der Waals surface area (Å²) in [6.45, 7) is 4.61. The van der Waals surface area contributed by atoms with Gasteiger partial charge in [0, 0.05) is 29.6 Å². The number of benzene rings is 1. The molecular weight excluding hydrogens is 266 g/mol. The first-order valence-electron chi connectivity index (χ1n) is 6.80. The lowest BCUT2D eigenvalue weighted by Crippen LogP contribution is -2.13. The van der Waals surface area contributed by atoms with Crippen molar-refractivity contribution in [1.82, 2.24) is 4.98 Å². The molecule has 2 rings (SSSR count). The van der Waals surface area contributed by atoms with Gasteiger partial charge < -0.3 is 15.4 Å². The van der Waals surface area contributed by atoms with Crippen LogP contribution >= 0.6 is 0 Å². The zero-order chi connectivity index (χ0) is 15.2. The second-order valence-electron chi connectivity index (χ2n) is 4.60. The number of aromatic nitrogens is 1. The Bertz CT molecular complexity index is 641. The molecule has 0 saturated heterocycles. The summed E-state index contributed by atoms with van der Waals surface area (Å²) in [6.07, 6.45) is 0. The molecule has 0 aliphatic rings. The van der Waals surface area contributed by atoms with Crippen molar-refractivity contribution in [3.63, 3.8) is 0 Å². The highest BCUT2D eigenvalue weighted by Gasteiger charge is 2.09. The number of nitrogens with zero attached hydrogens (tertiary/aromatic N) is 1. The molecule has 0 saturated carbocycles. The zero-order valence-corrected chi connectivity index (χ0v) is 12.4. The Kier molecular flexibility index (Phi) is 4.77. The molecule has 0 bridgehead atoms. The minimum Gasteiger partial charge on any atom is -0.497 e. The molecule has 5 nitrogen and oxygen atoms in total. The number of ether oxygens (including phenoxy) is 1. The molecule has 110 valence electrons. The van der Waals surface area contributed by atoms with E-state index in [1.165, 1.54) is 0 Å². The highest BCUT2D eigenvalue weighted by molar-refractivity contribution is 6.04. The van der Waals surface area contributed by atoms with Crippen LogP contribution in [0.25, 0.3) is 0 Å². The molecule has 1 heterocycles. The summed E-state index contributed by atoms with van der Waals surface area (Å²) in [5.74, 6) is 1.23. The number of amides is 1. The molecule has 0 spiro atoms. The molecular formula is C16H19N3O2. The van der Waals surface area contributed by atoms with E-state index in [1.54, 1.807) is 25.3 Å². The van der Waals surface area contributed by atoms with Crippen LogP contribution in [0.1, 0.15) is 23.0 Å². The van der Waals surface area contributed by atoms with Crippen molar-refractivity contribution in [2.24, 2.45) is 0 Å². The standard InChI is InChI=1S/C16H19N3O2/c1-4-17-15-9-12(8-11(2)18-15)16(20)19-13-6-5-7-14(10-13)21-3/h5-10H,4H2,1-3H3,(H,17,18)(H,19,20). The fourth-order valence-electron chi connectivity index (χ4n) is 1.98. The third-order valence-corrected chi connectivity index (χ3v) is 2.90. The molecule has 21 heavy (non-hydrogen) atoms. The van der Waals surface area contributed by atoms with Crippen LogP contribution in [0, 0.1) is 6.92 Å². The van der Waals surface area contributed by atoms with Gasteiger partial charge in [-0.05, 0) is 38.1 Å². The number of carbonyl (C=O) groups is 1. The second-order valence-corrected chi connectivity index (χ2v) is 4.60. The van der Waals surface area contributed by atoms with Gasteiger partial charge in [0.15, 0.2) is 0 Å². The molecule has 2 N–H and O–H groups in total. The number of rotatable bonds is 5. The van der Waals surface area contributed by atoms with E-state index < -0.39 is 0 Å². The third kappa shape index (κ3) is 3.95. The first kappa shape index (κ1) is 14.8. The van der Waals surface area contributed by atoms with Crippen LogP contribution in [0.2, 0.25) is 0 Å². The highest BCUT2D eigenvalue weighted by Crippen LogP contribution is 2.18. The number of nitrogens with one attached hydrogen (secondary N) is 2. The van der Waals surface area contributed by atoms with Gasteiger partial charge >= 0.3 is 0 Å². The first-order valence-corrected chi connectivity index (χ1v) is 6.80. The lowest BCUT2D eigenvalue weighted by molar-refractivity contribution is 0.102. The van der Waals surface area contributed by atoms with Crippen LogP contribution in [-0.2, 0) is 0 Å². The zero-order valence-electron chi connectivity index (χ0n) is 12.4. The third-order valence-electron chi connectivity index (χ3n) is 2.90. The molecule has 0 aliphatic carbocycles. The van der Waals surface area contributed by atoms with Gasteiger partial charge in [-0.2, -0.15) is 0 Å². The molecule has 1 aromatic carbocycles. The minimum atomic E-state index is -0.173. The van der Waals surface area contributed by atoms with Crippen molar-refractivity contribution in [2.45, 2.75) is 13.8 Å². The van der Waals surface area contributed by atoms with Crippen LogP contribution in [-0.4, -0.2) is 24.5 Å². The average Bonchev–Trinajstić information content (AvgIpc) is 2.47. The van der Waals surface area contributed by atoms with Crippen LogP contribution in [0.4, 0.5) is 11.5 Å². The van der Waals surface area contributed by atoms with E-state index in [9.17, 15) is 4.79 Å². The molecule has 2 aromatic rings. The summed E-state index contributed by atoms with van der Waals surface area (Å²) in [5.41, 5.74) is 2.06. The molecule has 0 radical (unpaired) electrons. The smallest absolute Gasteiger partial charge is 0.255 e. The van der Waals surface area contributed by atoms with Crippen LogP contribution in [0.3, 0.4) is 0 Å². The Balaban J connectivity index is 2.19. The maximum Gasteiger partial charge on any atom is 0.255 e. The Hall–Kier alpha value is -2.56. The minimum absolute atomic E-state index is 0.173. The van der Waals surface area contributed by atoms with Crippen LogP contribution in [0.5, 0.6) is 5.75 Å². The van der Waals surface area contributed by atoms with Crippen molar-refractivity contribution < 1.29 is 9.53 Å². The van der Waals surface area contributed by atoms with E-state index in [1.807, 2.05) is 32.0 Å². The Morgan fingerprint density at radius 3 is 2.81 bits per heavy atom. The fraction of sp³-hybridized carbons (Fsp3) is 0.250. The van der Waals surface area contributed by atoms with Gasteiger partial charge in [0.1, 0.15) is 11.6 Å². The van der Waals surface area contributed by atoms with E-state index in [0.29, 0.717) is 22.8 Å². The largest absolute Gasteiger partial charge is 0.497 e. The molecule has 0 fully saturated rings. The maximum atomic E-state index is 12.3. The van der Waals surface area contributed by atoms with E-state index >= 15 is 0 Å². The highest BCUT2D eigenvalue weighted by atomic mass is 16.5. The number of pyridine rings is 1. The van der Waals surface area contributed by atoms with E-state index in [-0.39, 0.29) is 5.91 Å². The lowest BCUT2D eigenvalue weighted by Gasteiger charge is -2.09. The Labute approximate surface area is 124 Å².